The molecule has 0 aliphatic carbocycles. The van der Waals surface area contributed by atoms with Crippen LogP contribution >= 0.6 is 0 Å². The summed E-state index contributed by atoms with van der Waals surface area (Å²) in [4.78, 5) is 10.3. The molecule has 4 nitrogen and oxygen atoms in total. The summed E-state index contributed by atoms with van der Waals surface area (Å²) in [5.74, 6) is -1.62. The summed E-state index contributed by atoms with van der Waals surface area (Å²) in [7, 11) is 1.07. The average molecular weight is 269 g/mol. The Kier molecular flexibility index (Phi) is 5.20. The first-order valence-electron chi connectivity index (χ1n) is 4.15. The van der Waals surface area contributed by atoms with E-state index in [0.29, 0.717) is 0 Å². The normalized spacial score (nSPS) is 15.1. The number of hydrogen-bond donors (Lipinski definition) is 2. The van der Waals surface area contributed by atoms with Crippen LogP contribution in [0.2, 0.25) is 0 Å². The van der Waals surface area contributed by atoms with Crippen LogP contribution in [0.15, 0.2) is 0 Å². The Hall–Kier alpha value is -1.03. The van der Waals surface area contributed by atoms with E-state index in [2.05, 4.69) is 4.74 Å². The van der Waals surface area contributed by atoms with Gasteiger partial charge in [-0.2, -0.15) is 26.3 Å². The van der Waals surface area contributed by atoms with Gasteiger partial charge in [0.25, 0.3) is 0 Å². The van der Waals surface area contributed by atoms with Crippen molar-refractivity contribution < 1.29 is 41.0 Å². The minimum Gasteiger partial charge on any atom is -0.480 e. The lowest BCUT2D eigenvalue weighted by molar-refractivity contribution is -0.322. The van der Waals surface area contributed by atoms with Crippen LogP contribution in [0.25, 0.3) is 0 Å². The van der Waals surface area contributed by atoms with E-state index in [9.17, 15) is 31.1 Å². The summed E-state index contributed by atoms with van der Waals surface area (Å²) in [5.41, 5.74) is 0. The number of alkyl halides is 6. The lowest BCUT2D eigenvalue weighted by Gasteiger charge is -2.24. The highest BCUT2D eigenvalue weighted by Crippen LogP contribution is 2.35. The van der Waals surface area contributed by atoms with Crippen LogP contribution < -0.4 is 5.32 Å². The van der Waals surface area contributed by atoms with E-state index in [-0.39, 0.29) is 0 Å². The molecule has 0 fully saturated rings. The van der Waals surface area contributed by atoms with Crippen molar-refractivity contribution in [2.24, 2.45) is 0 Å². The molecule has 0 amide bonds. The Morgan fingerprint density at radius 3 is 1.88 bits per heavy atom. The molecule has 0 saturated heterocycles. The highest BCUT2D eigenvalue weighted by Gasteiger charge is 2.58. The standard InChI is InChI=1S/C7H9F6NO3/c1-14-3(4(15)16)2-17-5(6(8,9)10)7(11,12)13/h3,5,14H,2H2,1H3,(H,15,16). The van der Waals surface area contributed by atoms with Crippen molar-refractivity contribution in [1.29, 1.82) is 0 Å². The number of nitrogens with one attached hydrogen (secondary N) is 1. The molecular weight excluding hydrogens is 260 g/mol. The number of hydrogen-bond acceptors (Lipinski definition) is 3. The van der Waals surface area contributed by atoms with E-state index in [1.807, 2.05) is 5.32 Å². The number of halogens is 6. The number of aliphatic carboxylic acids is 1. The molecule has 0 spiro atoms. The van der Waals surface area contributed by atoms with E-state index in [1.54, 1.807) is 0 Å². The van der Waals surface area contributed by atoms with Gasteiger partial charge in [-0.25, -0.2) is 0 Å². The number of rotatable bonds is 5. The van der Waals surface area contributed by atoms with Gasteiger partial charge >= 0.3 is 18.3 Å². The maximum atomic E-state index is 12.0. The summed E-state index contributed by atoms with van der Waals surface area (Å²) in [6.45, 7) is -1.25. The van der Waals surface area contributed by atoms with Gasteiger partial charge < -0.3 is 15.2 Å². The smallest absolute Gasteiger partial charge is 0.423 e. The van der Waals surface area contributed by atoms with Crippen LogP contribution in [0, 0.1) is 0 Å². The van der Waals surface area contributed by atoms with Gasteiger partial charge in [0.1, 0.15) is 6.04 Å². The summed E-state index contributed by atoms with van der Waals surface area (Å²) in [5, 5.41) is 10.4. The highest BCUT2D eigenvalue weighted by molar-refractivity contribution is 5.73. The molecule has 0 radical (unpaired) electrons. The first-order valence-corrected chi connectivity index (χ1v) is 4.15. The van der Waals surface area contributed by atoms with E-state index in [0.717, 1.165) is 7.05 Å². The van der Waals surface area contributed by atoms with Crippen molar-refractivity contribution in [1.82, 2.24) is 5.32 Å². The minimum atomic E-state index is -5.64. The third-order valence-corrected chi connectivity index (χ3v) is 1.67. The summed E-state index contributed by atoms with van der Waals surface area (Å²) >= 11 is 0. The van der Waals surface area contributed by atoms with Crippen molar-refractivity contribution in [3.63, 3.8) is 0 Å². The Morgan fingerprint density at radius 1 is 1.24 bits per heavy atom. The predicted molar refractivity (Wildman–Crippen MR) is 42.3 cm³/mol. The molecule has 0 bridgehead atoms. The fourth-order valence-electron chi connectivity index (χ4n) is 0.845. The largest absolute Gasteiger partial charge is 0.480 e. The fraction of sp³-hybridized carbons (Fsp3) is 0.857. The van der Waals surface area contributed by atoms with Gasteiger partial charge in [-0.1, -0.05) is 0 Å². The van der Waals surface area contributed by atoms with E-state index in [4.69, 9.17) is 5.11 Å². The van der Waals surface area contributed by atoms with Gasteiger partial charge in [0.2, 0.25) is 6.10 Å². The number of carbonyl (C=O) groups is 1. The SMILES string of the molecule is CNC(COC(C(F)(F)F)C(F)(F)F)C(=O)O. The van der Waals surface area contributed by atoms with Crippen LogP contribution in [0.4, 0.5) is 26.3 Å². The minimum absolute atomic E-state index is 1.07. The summed E-state index contributed by atoms with van der Waals surface area (Å²) in [6.07, 6.45) is -15.3. The average Bonchev–Trinajstić information content (AvgIpc) is 2.07. The highest BCUT2D eigenvalue weighted by atomic mass is 19.4. The molecule has 0 saturated carbocycles. The zero-order valence-electron chi connectivity index (χ0n) is 8.39. The maximum Gasteiger partial charge on any atom is 0.423 e. The molecule has 0 aromatic heterocycles. The van der Waals surface area contributed by atoms with Crippen LogP contribution in [0.1, 0.15) is 0 Å². The molecule has 2 N–H and O–H groups in total. The van der Waals surface area contributed by atoms with Gasteiger partial charge in [-0.15, -0.1) is 0 Å². The van der Waals surface area contributed by atoms with Crippen molar-refractivity contribution in [2.75, 3.05) is 13.7 Å². The molecule has 10 heteroatoms. The van der Waals surface area contributed by atoms with Crippen LogP contribution in [0.3, 0.4) is 0 Å². The summed E-state index contributed by atoms with van der Waals surface area (Å²) < 4.78 is 75.3. The van der Waals surface area contributed by atoms with Gasteiger partial charge in [0.15, 0.2) is 0 Å². The Labute approximate surface area is 91.5 Å². The van der Waals surface area contributed by atoms with E-state index in [1.165, 1.54) is 0 Å². The fourth-order valence-corrected chi connectivity index (χ4v) is 0.845. The first kappa shape index (κ1) is 16.0. The molecule has 0 aliphatic rings. The molecule has 102 valence electrons. The van der Waals surface area contributed by atoms with Crippen LogP contribution in [-0.4, -0.2) is 49.2 Å². The first-order chi connectivity index (χ1) is 7.50. The molecule has 0 aliphatic heterocycles. The second kappa shape index (κ2) is 5.54. The molecule has 1 atom stereocenters. The molecule has 0 rings (SSSR count). The molecule has 0 aromatic rings. The zero-order valence-corrected chi connectivity index (χ0v) is 8.39. The summed E-state index contributed by atoms with van der Waals surface area (Å²) in [6, 6.07) is -1.65. The Morgan fingerprint density at radius 2 is 1.65 bits per heavy atom. The van der Waals surface area contributed by atoms with E-state index < -0.39 is 37.1 Å². The van der Waals surface area contributed by atoms with Crippen LogP contribution in [0.5, 0.6) is 0 Å². The van der Waals surface area contributed by atoms with Crippen molar-refractivity contribution >= 4 is 5.97 Å². The van der Waals surface area contributed by atoms with Gasteiger partial charge in [-0.05, 0) is 7.05 Å². The maximum absolute atomic E-state index is 12.0. The quantitative estimate of drug-likeness (QED) is 0.735. The molecule has 0 heterocycles. The van der Waals surface area contributed by atoms with Gasteiger partial charge in [0.05, 0.1) is 6.61 Å². The number of carboxylic acids is 1. The van der Waals surface area contributed by atoms with Gasteiger partial charge in [0, 0.05) is 0 Å². The number of likely N-dealkylation sites (N-methyl/N-ethyl adjacent to an activating group) is 1. The van der Waals surface area contributed by atoms with E-state index >= 15 is 0 Å². The van der Waals surface area contributed by atoms with Crippen LogP contribution in [-0.2, 0) is 9.53 Å². The molecule has 1 unspecified atom stereocenters. The van der Waals surface area contributed by atoms with Gasteiger partial charge in [-0.3, -0.25) is 4.79 Å². The molecule has 17 heavy (non-hydrogen) atoms. The lowest BCUT2D eigenvalue weighted by Crippen LogP contribution is -2.48. The van der Waals surface area contributed by atoms with Crippen molar-refractivity contribution in [2.45, 2.75) is 24.5 Å². The second-order valence-electron chi connectivity index (χ2n) is 2.98. The third kappa shape index (κ3) is 5.22. The Balaban J connectivity index is 4.63. The Bertz CT molecular complexity index is 249. The topological polar surface area (TPSA) is 58.6 Å². The van der Waals surface area contributed by atoms with Crippen molar-refractivity contribution in [3.05, 3.63) is 0 Å². The zero-order chi connectivity index (χ0) is 13.9. The van der Waals surface area contributed by atoms with Crippen molar-refractivity contribution in [3.8, 4) is 0 Å². The number of carboxylic acid groups (broad SMARTS) is 1. The monoisotopic (exact) mass is 269 g/mol. The third-order valence-electron chi connectivity index (χ3n) is 1.67. The predicted octanol–water partition coefficient (Wildman–Crippen LogP) is 1.17. The molecule has 0 aromatic carbocycles. The second-order valence-corrected chi connectivity index (χ2v) is 2.98. The number of ether oxygens (including phenoxy) is 1. The lowest BCUT2D eigenvalue weighted by atomic mass is 10.3. The molecular formula is C7H9F6NO3.